The molecule has 1 atom stereocenters. The summed E-state index contributed by atoms with van der Waals surface area (Å²) in [5.74, 6) is -0.750. The standard InChI is InChI=1S/C14H23NO4S/c1-9(16)11-4-2-10(3-5-11)7-15-14(19)12(8-20)6-13(17)18/h10-12,20H,2-8H2,1H3,(H,15,19)(H,17,18). The molecule has 1 fully saturated rings. The minimum absolute atomic E-state index is 0.180. The van der Waals surface area contributed by atoms with Crippen molar-refractivity contribution in [3.63, 3.8) is 0 Å². The van der Waals surface area contributed by atoms with Crippen LogP contribution in [0.15, 0.2) is 0 Å². The summed E-state index contributed by atoms with van der Waals surface area (Å²) in [6.45, 7) is 2.20. The molecular formula is C14H23NO4S. The largest absolute Gasteiger partial charge is 0.481 e. The summed E-state index contributed by atoms with van der Waals surface area (Å²) in [6.07, 6.45) is 3.47. The Morgan fingerprint density at radius 3 is 2.30 bits per heavy atom. The van der Waals surface area contributed by atoms with Crippen molar-refractivity contribution in [1.29, 1.82) is 0 Å². The lowest BCUT2D eigenvalue weighted by molar-refractivity contribution is -0.140. The number of hydrogen-bond acceptors (Lipinski definition) is 4. The van der Waals surface area contributed by atoms with Crippen LogP contribution in [0.3, 0.4) is 0 Å². The Balaban J connectivity index is 2.31. The summed E-state index contributed by atoms with van der Waals surface area (Å²) in [5, 5.41) is 11.5. The summed E-state index contributed by atoms with van der Waals surface area (Å²) in [5.41, 5.74) is 0. The van der Waals surface area contributed by atoms with Crippen molar-refractivity contribution in [2.24, 2.45) is 17.8 Å². The third kappa shape index (κ3) is 5.53. The molecule has 0 heterocycles. The van der Waals surface area contributed by atoms with Gasteiger partial charge in [-0.1, -0.05) is 0 Å². The smallest absolute Gasteiger partial charge is 0.304 e. The molecule has 1 aliphatic rings. The molecule has 2 N–H and O–H groups in total. The number of ketones is 1. The molecule has 1 aliphatic carbocycles. The number of thiol groups is 1. The molecule has 6 heteroatoms. The SMILES string of the molecule is CC(=O)C1CCC(CNC(=O)C(CS)CC(=O)O)CC1. The molecule has 0 aromatic rings. The fraction of sp³-hybridized carbons (Fsp3) is 0.786. The molecule has 0 aliphatic heterocycles. The van der Waals surface area contributed by atoms with Crippen LogP contribution in [-0.2, 0) is 14.4 Å². The van der Waals surface area contributed by atoms with E-state index in [1.165, 1.54) is 0 Å². The maximum atomic E-state index is 11.8. The van der Waals surface area contributed by atoms with E-state index >= 15 is 0 Å². The number of rotatable bonds is 7. The topological polar surface area (TPSA) is 83.5 Å². The van der Waals surface area contributed by atoms with Crippen molar-refractivity contribution in [3.05, 3.63) is 0 Å². The Kier molecular flexibility index (Phi) is 7.05. The van der Waals surface area contributed by atoms with Crippen LogP contribution in [-0.4, -0.2) is 35.1 Å². The van der Waals surface area contributed by atoms with Crippen molar-refractivity contribution in [2.75, 3.05) is 12.3 Å². The lowest BCUT2D eigenvalue weighted by atomic mass is 9.80. The maximum Gasteiger partial charge on any atom is 0.304 e. The van der Waals surface area contributed by atoms with E-state index in [1.54, 1.807) is 6.92 Å². The average Bonchev–Trinajstić information content (AvgIpc) is 2.42. The van der Waals surface area contributed by atoms with Crippen LogP contribution < -0.4 is 5.32 Å². The van der Waals surface area contributed by atoms with Crippen LogP contribution in [0.4, 0.5) is 0 Å². The maximum absolute atomic E-state index is 11.8. The summed E-state index contributed by atoms with van der Waals surface area (Å²) < 4.78 is 0. The van der Waals surface area contributed by atoms with Gasteiger partial charge in [-0.15, -0.1) is 0 Å². The van der Waals surface area contributed by atoms with Gasteiger partial charge in [-0.2, -0.15) is 12.6 Å². The van der Waals surface area contributed by atoms with E-state index in [0.29, 0.717) is 12.5 Å². The zero-order valence-electron chi connectivity index (χ0n) is 11.8. The molecular weight excluding hydrogens is 278 g/mol. The van der Waals surface area contributed by atoms with Gasteiger partial charge in [0.15, 0.2) is 0 Å². The van der Waals surface area contributed by atoms with Crippen LogP contribution >= 0.6 is 12.6 Å². The second-order valence-corrected chi connectivity index (χ2v) is 5.92. The van der Waals surface area contributed by atoms with E-state index in [4.69, 9.17) is 5.11 Å². The fourth-order valence-electron chi connectivity index (χ4n) is 2.61. The first kappa shape index (κ1) is 17.0. The number of Topliss-reactive ketones (excluding diaryl/α,β-unsaturated/α-hetero) is 1. The highest BCUT2D eigenvalue weighted by molar-refractivity contribution is 7.80. The van der Waals surface area contributed by atoms with Crippen molar-refractivity contribution in [2.45, 2.75) is 39.0 Å². The number of carboxylic acid groups (broad SMARTS) is 1. The van der Waals surface area contributed by atoms with Crippen LogP contribution in [0, 0.1) is 17.8 Å². The molecule has 20 heavy (non-hydrogen) atoms. The van der Waals surface area contributed by atoms with Crippen LogP contribution in [0.5, 0.6) is 0 Å². The first-order valence-electron chi connectivity index (χ1n) is 7.04. The predicted molar refractivity (Wildman–Crippen MR) is 78.7 cm³/mol. The van der Waals surface area contributed by atoms with Crippen LogP contribution in [0.1, 0.15) is 39.0 Å². The fourth-order valence-corrected chi connectivity index (χ4v) is 2.91. The zero-order chi connectivity index (χ0) is 15.1. The van der Waals surface area contributed by atoms with E-state index < -0.39 is 11.9 Å². The highest BCUT2D eigenvalue weighted by atomic mass is 32.1. The van der Waals surface area contributed by atoms with Gasteiger partial charge < -0.3 is 10.4 Å². The Morgan fingerprint density at radius 2 is 1.85 bits per heavy atom. The molecule has 114 valence electrons. The highest BCUT2D eigenvalue weighted by Crippen LogP contribution is 2.28. The average molecular weight is 301 g/mol. The van der Waals surface area contributed by atoms with Gasteiger partial charge in [0.05, 0.1) is 12.3 Å². The number of carbonyl (C=O) groups excluding carboxylic acids is 2. The second kappa shape index (κ2) is 8.29. The van der Waals surface area contributed by atoms with Gasteiger partial charge in [-0.3, -0.25) is 14.4 Å². The molecule has 0 bridgehead atoms. The van der Waals surface area contributed by atoms with E-state index in [2.05, 4.69) is 17.9 Å². The number of aliphatic carboxylic acids is 1. The number of carboxylic acids is 1. The molecule has 0 aromatic carbocycles. The van der Waals surface area contributed by atoms with Gasteiger partial charge >= 0.3 is 5.97 Å². The van der Waals surface area contributed by atoms with Gasteiger partial charge in [0.25, 0.3) is 0 Å². The monoisotopic (exact) mass is 301 g/mol. The summed E-state index contributed by atoms with van der Waals surface area (Å²) in [7, 11) is 0. The molecule has 0 spiro atoms. The molecule has 1 unspecified atom stereocenters. The first-order chi connectivity index (χ1) is 9.43. The van der Waals surface area contributed by atoms with E-state index in [9.17, 15) is 14.4 Å². The van der Waals surface area contributed by atoms with Gasteiger partial charge in [-0.25, -0.2) is 0 Å². The molecule has 0 saturated heterocycles. The van der Waals surface area contributed by atoms with Gasteiger partial charge in [-0.05, 0) is 38.5 Å². The second-order valence-electron chi connectivity index (χ2n) is 5.55. The van der Waals surface area contributed by atoms with Gasteiger partial charge in [0, 0.05) is 18.2 Å². The number of amides is 1. The Hall–Kier alpha value is -1.04. The normalized spacial score (nSPS) is 23.9. The summed E-state index contributed by atoms with van der Waals surface area (Å²) in [6, 6.07) is 0. The van der Waals surface area contributed by atoms with Crippen molar-refractivity contribution >= 4 is 30.3 Å². The summed E-state index contributed by atoms with van der Waals surface area (Å²) in [4.78, 5) is 33.7. The lowest BCUT2D eigenvalue weighted by Crippen LogP contribution is -2.37. The molecule has 0 aromatic heterocycles. The molecule has 5 nitrogen and oxygen atoms in total. The highest BCUT2D eigenvalue weighted by Gasteiger charge is 2.25. The van der Waals surface area contributed by atoms with E-state index in [1.807, 2.05) is 0 Å². The van der Waals surface area contributed by atoms with Crippen molar-refractivity contribution < 1.29 is 19.5 Å². The quantitative estimate of drug-likeness (QED) is 0.623. The molecule has 1 rings (SSSR count). The van der Waals surface area contributed by atoms with E-state index in [0.717, 1.165) is 25.7 Å². The lowest BCUT2D eigenvalue weighted by Gasteiger charge is -2.27. The third-order valence-corrected chi connectivity index (χ3v) is 4.44. The molecule has 0 radical (unpaired) electrons. The van der Waals surface area contributed by atoms with Gasteiger partial charge in [0.2, 0.25) is 5.91 Å². The Morgan fingerprint density at radius 1 is 1.25 bits per heavy atom. The van der Waals surface area contributed by atoms with Crippen LogP contribution in [0.2, 0.25) is 0 Å². The Labute approximate surface area is 124 Å². The number of nitrogens with one attached hydrogen (secondary N) is 1. The van der Waals surface area contributed by atoms with Crippen LogP contribution in [0.25, 0.3) is 0 Å². The summed E-state index contributed by atoms with van der Waals surface area (Å²) >= 11 is 4.02. The van der Waals surface area contributed by atoms with Crippen molar-refractivity contribution in [1.82, 2.24) is 5.32 Å². The minimum Gasteiger partial charge on any atom is -0.481 e. The molecule has 1 amide bonds. The molecule has 1 saturated carbocycles. The van der Waals surface area contributed by atoms with Crippen molar-refractivity contribution in [3.8, 4) is 0 Å². The number of hydrogen-bond donors (Lipinski definition) is 3. The zero-order valence-corrected chi connectivity index (χ0v) is 12.7. The predicted octanol–water partition coefficient (Wildman–Crippen LogP) is 1.52. The van der Waals surface area contributed by atoms with E-state index in [-0.39, 0.29) is 29.8 Å². The first-order valence-corrected chi connectivity index (χ1v) is 7.68. The van der Waals surface area contributed by atoms with Gasteiger partial charge in [0.1, 0.15) is 5.78 Å². The minimum atomic E-state index is -0.985. The third-order valence-electron chi connectivity index (χ3n) is 4.00. The number of carbonyl (C=O) groups is 3. The Bertz CT molecular complexity index is 364.